The predicted molar refractivity (Wildman–Crippen MR) is 114 cm³/mol. The molecule has 0 saturated carbocycles. The first-order valence-electron chi connectivity index (χ1n) is 8.90. The molecule has 4 rings (SSSR count). The number of carbonyl (C=O) groups is 3. The van der Waals surface area contributed by atoms with Gasteiger partial charge in [-0.05, 0) is 61.0 Å². The molecule has 30 heavy (non-hydrogen) atoms. The number of hydrogen-bond donors (Lipinski definition) is 2. The number of carboxylic acids is 1. The third-order valence-electron chi connectivity index (χ3n) is 4.54. The molecule has 0 unspecified atom stereocenters. The van der Waals surface area contributed by atoms with E-state index in [4.69, 9.17) is 4.42 Å². The van der Waals surface area contributed by atoms with Crippen molar-refractivity contribution in [2.75, 3.05) is 5.01 Å². The van der Waals surface area contributed by atoms with Crippen molar-refractivity contribution in [3.63, 3.8) is 0 Å². The minimum atomic E-state index is -1.10. The predicted octanol–water partition coefficient (Wildman–Crippen LogP) is 4.18. The number of carbonyl (C=O) groups excluding carboxylic acids is 2. The van der Waals surface area contributed by atoms with Crippen LogP contribution in [0.4, 0.5) is 5.69 Å². The van der Waals surface area contributed by atoms with E-state index in [9.17, 15) is 19.5 Å². The van der Waals surface area contributed by atoms with Gasteiger partial charge >= 0.3 is 5.97 Å². The van der Waals surface area contributed by atoms with Crippen molar-refractivity contribution in [1.82, 2.24) is 5.43 Å². The number of aromatic carboxylic acids is 1. The number of anilines is 1. The SMILES string of the molecule is Cc1cccc(N2NC(=O)C(=Cc3ccc(-c4ccc(Br)cc4C(=O)O)o3)C2=O)c1. The summed E-state index contributed by atoms with van der Waals surface area (Å²) in [4.78, 5) is 36.6. The van der Waals surface area contributed by atoms with E-state index in [-0.39, 0.29) is 16.9 Å². The van der Waals surface area contributed by atoms with Crippen LogP contribution in [0.15, 0.2) is 69.1 Å². The average Bonchev–Trinajstić information content (AvgIpc) is 3.28. The van der Waals surface area contributed by atoms with Gasteiger partial charge in [-0.2, -0.15) is 0 Å². The highest BCUT2D eigenvalue weighted by Crippen LogP contribution is 2.30. The molecule has 8 heteroatoms. The first kappa shape index (κ1) is 19.7. The van der Waals surface area contributed by atoms with Gasteiger partial charge in [-0.25, -0.2) is 9.80 Å². The largest absolute Gasteiger partial charge is 0.478 e. The normalized spacial score (nSPS) is 15.0. The van der Waals surface area contributed by atoms with Gasteiger partial charge in [-0.1, -0.05) is 28.1 Å². The maximum Gasteiger partial charge on any atom is 0.336 e. The number of hydrogen-bond acceptors (Lipinski definition) is 4. The van der Waals surface area contributed by atoms with Crippen molar-refractivity contribution < 1.29 is 23.9 Å². The van der Waals surface area contributed by atoms with Crippen molar-refractivity contribution in [2.45, 2.75) is 6.92 Å². The van der Waals surface area contributed by atoms with Gasteiger partial charge in [0.2, 0.25) is 0 Å². The Morgan fingerprint density at radius 1 is 1.13 bits per heavy atom. The molecule has 2 heterocycles. The molecular formula is C22H15BrN2O5. The van der Waals surface area contributed by atoms with E-state index in [1.54, 1.807) is 42.5 Å². The van der Waals surface area contributed by atoms with Crippen LogP contribution in [0.25, 0.3) is 17.4 Å². The molecule has 0 bridgehead atoms. The Balaban J connectivity index is 1.66. The van der Waals surface area contributed by atoms with Crippen LogP contribution in [0.1, 0.15) is 21.7 Å². The molecule has 1 aliphatic rings. The lowest BCUT2D eigenvalue weighted by Gasteiger charge is -2.14. The van der Waals surface area contributed by atoms with Gasteiger partial charge in [0.05, 0.1) is 11.3 Å². The first-order valence-corrected chi connectivity index (χ1v) is 9.69. The number of halogens is 1. The van der Waals surface area contributed by atoms with Gasteiger partial charge in [0.25, 0.3) is 11.8 Å². The molecule has 0 atom stereocenters. The summed E-state index contributed by atoms with van der Waals surface area (Å²) in [6.45, 7) is 1.89. The summed E-state index contributed by atoms with van der Waals surface area (Å²) in [5.74, 6) is -1.57. The fourth-order valence-corrected chi connectivity index (χ4v) is 3.49. The summed E-state index contributed by atoms with van der Waals surface area (Å²) < 4.78 is 6.34. The Morgan fingerprint density at radius 2 is 1.93 bits per heavy atom. The summed E-state index contributed by atoms with van der Waals surface area (Å²) in [7, 11) is 0. The average molecular weight is 467 g/mol. The monoisotopic (exact) mass is 466 g/mol. The fourth-order valence-electron chi connectivity index (χ4n) is 3.13. The molecule has 7 nitrogen and oxygen atoms in total. The highest BCUT2D eigenvalue weighted by molar-refractivity contribution is 9.10. The van der Waals surface area contributed by atoms with E-state index in [0.717, 1.165) is 5.56 Å². The number of hydrazine groups is 1. The standard InChI is InChI=1S/C22H15BrN2O5/c1-12-3-2-4-14(9-12)25-21(27)18(20(26)24-25)11-15-6-8-19(30-15)16-7-5-13(23)10-17(16)22(28)29/h2-11H,1H3,(H,24,26)(H,28,29). The van der Waals surface area contributed by atoms with Crippen LogP contribution in [-0.2, 0) is 9.59 Å². The number of carboxylic acid groups (broad SMARTS) is 1. The summed E-state index contributed by atoms with van der Waals surface area (Å²) >= 11 is 3.25. The third kappa shape index (κ3) is 3.65. The van der Waals surface area contributed by atoms with Gasteiger partial charge < -0.3 is 9.52 Å². The van der Waals surface area contributed by atoms with Crippen LogP contribution in [0.3, 0.4) is 0 Å². The van der Waals surface area contributed by atoms with Crippen LogP contribution in [0, 0.1) is 6.92 Å². The Hall–Kier alpha value is -3.65. The van der Waals surface area contributed by atoms with Gasteiger partial charge in [-0.3, -0.25) is 15.0 Å². The number of rotatable bonds is 4. The van der Waals surface area contributed by atoms with Crippen LogP contribution in [0.5, 0.6) is 0 Å². The second kappa shape index (κ2) is 7.64. The van der Waals surface area contributed by atoms with Crippen LogP contribution in [0.2, 0.25) is 0 Å². The van der Waals surface area contributed by atoms with Crippen molar-refractivity contribution in [3.8, 4) is 11.3 Å². The van der Waals surface area contributed by atoms with E-state index in [1.807, 2.05) is 13.0 Å². The van der Waals surface area contributed by atoms with Gasteiger partial charge in [-0.15, -0.1) is 0 Å². The summed E-state index contributed by atoms with van der Waals surface area (Å²) in [5.41, 5.74) is 4.42. The first-order chi connectivity index (χ1) is 14.3. The Labute approximate surface area is 179 Å². The molecule has 0 spiro atoms. The highest BCUT2D eigenvalue weighted by Gasteiger charge is 2.34. The number of furan rings is 1. The molecule has 0 aliphatic carbocycles. The zero-order valence-corrected chi connectivity index (χ0v) is 17.3. The van der Waals surface area contributed by atoms with E-state index in [2.05, 4.69) is 21.4 Å². The number of aryl methyl sites for hydroxylation is 1. The summed E-state index contributed by atoms with van der Waals surface area (Å²) in [5, 5.41) is 10.6. The summed E-state index contributed by atoms with van der Waals surface area (Å²) in [6.07, 6.45) is 1.34. The number of amides is 2. The van der Waals surface area contributed by atoms with E-state index >= 15 is 0 Å². The van der Waals surface area contributed by atoms with Gasteiger partial charge in [0, 0.05) is 10.0 Å². The molecule has 2 N–H and O–H groups in total. The third-order valence-corrected chi connectivity index (χ3v) is 5.04. The van der Waals surface area contributed by atoms with Crippen molar-refractivity contribution in [2.24, 2.45) is 0 Å². The quantitative estimate of drug-likeness (QED) is 0.443. The Bertz CT molecular complexity index is 1230. The molecule has 1 fully saturated rings. The molecule has 150 valence electrons. The van der Waals surface area contributed by atoms with Crippen molar-refractivity contribution in [3.05, 3.63) is 81.5 Å². The zero-order chi connectivity index (χ0) is 21.4. The van der Waals surface area contributed by atoms with Crippen molar-refractivity contribution >= 4 is 45.5 Å². The zero-order valence-electron chi connectivity index (χ0n) is 15.7. The fraction of sp³-hybridized carbons (Fsp3) is 0.0455. The molecule has 2 aromatic carbocycles. The molecular weight excluding hydrogens is 452 g/mol. The summed E-state index contributed by atoms with van der Waals surface area (Å²) in [6, 6.07) is 15.2. The van der Waals surface area contributed by atoms with Crippen molar-refractivity contribution in [1.29, 1.82) is 0 Å². The van der Waals surface area contributed by atoms with E-state index in [1.165, 1.54) is 17.2 Å². The van der Waals surface area contributed by atoms with Crippen LogP contribution >= 0.6 is 15.9 Å². The number of benzene rings is 2. The molecule has 1 saturated heterocycles. The maximum atomic E-state index is 12.7. The minimum absolute atomic E-state index is 0.0678. The molecule has 1 aromatic heterocycles. The lowest BCUT2D eigenvalue weighted by atomic mass is 10.1. The lowest BCUT2D eigenvalue weighted by Crippen LogP contribution is -2.35. The number of nitrogens with one attached hydrogen (secondary N) is 1. The smallest absolute Gasteiger partial charge is 0.336 e. The van der Waals surface area contributed by atoms with E-state index in [0.29, 0.717) is 21.5 Å². The lowest BCUT2D eigenvalue weighted by molar-refractivity contribution is -0.117. The Morgan fingerprint density at radius 3 is 2.67 bits per heavy atom. The molecule has 3 aromatic rings. The van der Waals surface area contributed by atoms with Crippen LogP contribution in [-0.4, -0.2) is 22.9 Å². The molecule has 1 aliphatic heterocycles. The Kier molecular flexibility index (Phi) is 5.01. The second-order valence-electron chi connectivity index (χ2n) is 6.68. The van der Waals surface area contributed by atoms with Crippen LogP contribution < -0.4 is 10.4 Å². The molecule has 0 radical (unpaired) electrons. The van der Waals surface area contributed by atoms with Gasteiger partial charge in [0.1, 0.15) is 17.1 Å². The van der Waals surface area contributed by atoms with Gasteiger partial charge in [0.15, 0.2) is 0 Å². The number of nitrogens with zero attached hydrogens (tertiary/aromatic N) is 1. The maximum absolute atomic E-state index is 12.7. The second-order valence-corrected chi connectivity index (χ2v) is 7.59. The van der Waals surface area contributed by atoms with E-state index < -0.39 is 17.8 Å². The minimum Gasteiger partial charge on any atom is -0.478 e. The highest BCUT2D eigenvalue weighted by atomic mass is 79.9. The molecule has 2 amide bonds. The topological polar surface area (TPSA) is 99.8 Å².